The van der Waals surface area contributed by atoms with E-state index in [2.05, 4.69) is 15.4 Å². The second-order valence-corrected chi connectivity index (χ2v) is 14.5. The number of amides is 2. The fourth-order valence-electron chi connectivity index (χ4n) is 5.92. The summed E-state index contributed by atoms with van der Waals surface area (Å²) >= 11 is 13.3. The average Bonchev–Trinajstić information content (AvgIpc) is 3.58. The second kappa shape index (κ2) is 18.2. The Hall–Kier alpha value is -3.65. The van der Waals surface area contributed by atoms with Crippen molar-refractivity contribution in [1.29, 1.82) is 0 Å². The number of carbonyl (C=O) groups is 2. The van der Waals surface area contributed by atoms with Gasteiger partial charge in [0.2, 0.25) is 15.9 Å². The number of aromatic nitrogens is 1. The number of fused-ring (bicyclic) bond motifs is 1. The van der Waals surface area contributed by atoms with Gasteiger partial charge in [-0.05, 0) is 80.6 Å². The standard InChI is InChI=1S/C35H38Cl2N6O5S.2ClH/c1-22-19-23(2)41-33-26(22)7-4-9-30(33)48-21-27-28(36)14-15-31(32(27)37)49(46,47)43-18-5-8-29(43)35(45)42(3)17-6-16-39-34(44)25-12-10-24(11-13-25)20-40-38;;/h4,7,9-15,19-20,29H,5-6,8,16-18,21,38H2,1-3H3,(H,39,44);2*1H/t29-;;/m0../s1. The second-order valence-electron chi connectivity index (χ2n) is 11.9. The average molecular weight is 799 g/mol. The van der Waals surface area contributed by atoms with Crippen molar-refractivity contribution in [2.45, 2.75) is 50.7 Å². The summed E-state index contributed by atoms with van der Waals surface area (Å²) in [7, 11) is -2.56. The van der Waals surface area contributed by atoms with Gasteiger partial charge in [0, 0.05) is 53.9 Å². The first kappa shape index (κ1) is 41.8. The summed E-state index contributed by atoms with van der Waals surface area (Å²) in [5.41, 5.74) is 4.15. The summed E-state index contributed by atoms with van der Waals surface area (Å²) < 4.78 is 35.4. The number of pyridine rings is 1. The number of benzene rings is 3. The highest BCUT2D eigenvalue weighted by Gasteiger charge is 2.41. The van der Waals surface area contributed by atoms with Gasteiger partial charge in [-0.3, -0.25) is 9.59 Å². The number of nitrogens with one attached hydrogen (secondary N) is 1. The third-order valence-corrected chi connectivity index (χ3v) is 11.3. The van der Waals surface area contributed by atoms with Crippen LogP contribution in [-0.2, 0) is 21.4 Å². The molecule has 0 radical (unpaired) electrons. The Labute approximate surface area is 320 Å². The Morgan fingerprint density at radius 2 is 1.84 bits per heavy atom. The first-order valence-electron chi connectivity index (χ1n) is 15.8. The zero-order valence-corrected chi connectivity index (χ0v) is 32.2. The highest BCUT2D eigenvalue weighted by atomic mass is 35.5. The molecule has 51 heavy (non-hydrogen) atoms. The molecule has 1 fully saturated rings. The van der Waals surface area contributed by atoms with Crippen LogP contribution in [-0.4, -0.2) is 73.4 Å². The Kier molecular flexibility index (Phi) is 14.9. The van der Waals surface area contributed by atoms with E-state index < -0.39 is 16.1 Å². The Bertz CT molecular complexity index is 2010. The molecule has 0 bridgehead atoms. The maximum atomic E-state index is 14.0. The van der Waals surface area contributed by atoms with Crippen molar-refractivity contribution in [2.24, 2.45) is 10.9 Å². The fourth-order valence-corrected chi connectivity index (χ4v) is 8.44. The zero-order valence-electron chi connectivity index (χ0n) is 28.3. The lowest BCUT2D eigenvalue weighted by molar-refractivity contribution is -0.133. The van der Waals surface area contributed by atoms with E-state index in [1.807, 2.05) is 32.0 Å². The molecule has 0 spiro atoms. The molecule has 0 saturated carbocycles. The predicted molar refractivity (Wildman–Crippen MR) is 206 cm³/mol. The van der Waals surface area contributed by atoms with E-state index in [4.69, 9.17) is 33.8 Å². The number of carbonyl (C=O) groups excluding carboxylic acids is 2. The number of aryl methyl sites for hydroxylation is 2. The van der Waals surface area contributed by atoms with E-state index in [1.54, 1.807) is 37.4 Å². The number of nitrogens with two attached hydrogens (primary N) is 1. The molecule has 1 atom stereocenters. The molecule has 0 unspecified atom stereocenters. The van der Waals surface area contributed by atoms with Crippen molar-refractivity contribution in [1.82, 2.24) is 19.5 Å². The lowest BCUT2D eigenvalue weighted by atomic mass is 10.1. The smallest absolute Gasteiger partial charge is 0.251 e. The molecule has 5 rings (SSSR count). The summed E-state index contributed by atoms with van der Waals surface area (Å²) in [4.78, 5) is 32.0. The van der Waals surface area contributed by atoms with E-state index in [-0.39, 0.29) is 64.7 Å². The van der Waals surface area contributed by atoms with Gasteiger partial charge in [0.05, 0.1) is 11.2 Å². The molecule has 3 N–H and O–H groups in total. The molecular weight excluding hydrogens is 758 g/mol. The van der Waals surface area contributed by atoms with Gasteiger partial charge in [0.25, 0.3) is 5.91 Å². The Morgan fingerprint density at radius 3 is 2.55 bits per heavy atom. The van der Waals surface area contributed by atoms with Crippen molar-refractivity contribution < 1.29 is 22.7 Å². The van der Waals surface area contributed by atoms with Gasteiger partial charge in [-0.25, -0.2) is 13.4 Å². The maximum Gasteiger partial charge on any atom is 0.251 e. The molecule has 11 nitrogen and oxygen atoms in total. The van der Waals surface area contributed by atoms with Gasteiger partial charge in [-0.15, -0.1) is 24.8 Å². The largest absolute Gasteiger partial charge is 0.487 e. The fraction of sp³-hybridized carbons (Fsp3) is 0.314. The van der Waals surface area contributed by atoms with Gasteiger partial charge in [0.1, 0.15) is 28.8 Å². The SMILES string of the molecule is Cc1cc(C)c2cccc(OCc3c(Cl)ccc(S(=O)(=O)N4CCC[C@H]4C(=O)N(C)CCCNC(=O)c4ccc(C=NN)cc4)c3Cl)c2n1.Cl.Cl. The lowest BCUT2D eigenvalue weighted by Gasteiger charge is -2.28. The minimum absolute atomic E-state index is 0. The number of hydrazone groups is 1. The third-order valence-electron chi connectivity index (χ3n) is 8.46. The topological polar surface area (TPSA) is 147 Å². The van der Waals surface area contributed by atoms with Crippen molar-refractivity contribution in [2.75, 3.05) is 26.7 Å². The Balaban J connectivity index is 0.00000351. The number of para-hydroxylation sites is 1. The number of hydrogen-bond donors (Lipinski definition) is 2. The van der Waals surface area contributed by atoms with Gasteiger partial charge >= 0.3 is 0 Å². The molecule has 4 aromatic rings. The van der Waals surface area contributed by atoms with Crippen molar-refractivity contribution >= 4 is 87.0 Å². The van der Waals surface area contributed by atoms with E-state index in [0.29, 0.717) is 54.7 Å². The molecule has 1 saturated heterocycles. The van der Waals surface area contributed by atoms with E-state index in [0.717, 1.165) is 22.2 Å². The number of nitrogens with zero attached hydrogens (tertiary/aromatic N) is 4. The van der Waals surface area contributed by atoms with Crippen LogP contribution in [0.4, 0.5) is 0 Å². The summed E-state index contributed by atoms with van der Waals surface area (Å²) in [5.74, 6) is 5.10. The minimum atomic E-state index is -4.18. The van der Waals surface area contributed by atoms with E-state index in [9.17, 15) is 18.0 Å². The van der Waals surface area contributed by atoms with Crippen LogP contribution in [0.5, 0.6) is 5.75 Å². The molecule has 2 heterocycles. The maximum absolute atomic E-state index is 14.0. The monoisotopic (exact) mass is 796 g/mol. The molecule has 1 aliphatic heterocycles. The lowest BCUT2D eigenvalue weighted by Crippen LogP contribution is -2.47. The predicted octanol–water partition coefficient (Wildman–Crippen LogP) is 6.31. The number of sulfonamides is 1. The van der Waals surface area contributed by atoms with Gasteiger partial charge in [0.15, 0.2) is 0 Å². The van der Waals surface area contributed by atoms with Gasteiger partial charge in [-0.1, -0.05) is 47.5 Å². The van der Waals surface area contributed by atoms with Crippen LogP contribution in [0.1, 0.15) is 52.0 Å². The number of halogens is 4. The molecule has 0 aliphatic carbocycles. The normalized spacial score (nSPS) is 14.6. The van der Waals surface area contributed by atoms with Crippen LogP contribution < -0.4 is 15.9 Å². The molecule has 1 aromatic heterocycles. The summed E-state index contributed by atoms with van der Waals surface area (Å²) in [5, 5.41) is 7.44. The minimum Gasteiger partial charge on any atom is -0.487 e. The molecule has 3 aromatic carbocycles. The number of ether oxygens (including phenoxy) is 1. The first-order chi connectivity index (χ1) is 23.4. The molecular formula is C35H40Cl4N6O5S. The van der Waals surface area contributed by atoms with Crippen LogP contribution >= 0.6 is 48.0 Å². The van der Waals surface area contributed by atoms with Crippen LogP contribution in [0, 0.1) is 13.8 Å². The van der Waals surface area contributed by atoms with Gasteiger partial charge < -0.3 is 20.8 Å². The number of rotatable bonds is 12. The van der Waals surface area contributed by atoms with E-state index >= 15 is 0 Å². The summed E-state index contributed by atoms with van der Waals surface area (Å²) in [6, 6.07) is 16.4. The quantitative estimate of drug-likeness (QED) is 0.0740. The molecule has 274 valence electrons. The summed E-state index contributed by atoms with van der Waals surface area (Å²) in [6.07, 6.45) is 2.85. The molecule has 1 aliphatic rings. The van der Waals surface area contributed by atoms with Crippen LogP contribution in [0.2, 0.25) is 10.0 Å². The molecule has 2 amide bonds. The number of hydrogen-bond acceptors (Lipinski definition) is 8. The number of likely N-dealkylation sites (N-methyl/N-ethyl adjacent to an activating group) is 1. The van der Waals surface area contributed by atoms with Crippen molar-refractivity contribution in [3.8, 4) is 5.75 Å². The van der Waals surface area contributed by atoms with Crippen LogP contribution in [0.15, 0.2) is 70.7 Å². The molecule has 16 heteroatoms. The van der Waals surface area contributed by atoms with Crippen LogP contribution in [0.25, 0.3) is 10.9 Å². The van der Waals surface area contributed by atoms with E-state index in [1.165, 1.54) is 27.6 Å². The summed E-state index contributed by atoms with van der Waals surface area (Å²) in [6.45, 7) is 4.63. The third kappa shape index (κ3) is 9.43. The Morgan fingerprint density at radius 1 is 1.12 bits per heavy atom. The highest BCUT2D eigenvalue weighted by Crippen LogP contribution is 2.37. The first-order valence-corrected chi connectivity index (χ1v) is 18.0. The van der Waals surface area contributed by atoms with Crippen molar-refractivity contribution in [3.63, 3.8) is 0 Å². The van der Waals surface area contributed by atoms with Crippen LogP contribution in [0.3, 0.4) is 0 Å². The van der Waals surface area contributed by atoms with Crippen molar-refractivity contribution in [3.05, 3.63) is 98.7 Å². The zero-order chi connectivity index (χ0) is 35.3. The highest BCUT2D eigenvalue weighted by molar-refractivity contribution is 7.89. The van der Waals surface area contributed by atoms with Gasteiger partial charge in [-0.2, -0.15) is 9.41 Å².